The number of nitro groups is 1. The molecule has 0 saturated carbocycles. The highest BCUT2D eigenvalue weighted by atomic mass is 16.6. The molecule has 3 rings (SSSR count). The predicted molar refractivity (Wildman–Crippen MR) is 89.0 cm³/mol. The van der Waals surface area contributed by atoms with Gasteiger partial charge < -0.3 is 9.73 Å². The third-order valence-electron chi connectivity index (χ3n) is 4.05. The summed E-state index contributed by atoms with van der Waals surface area (Å²) in [6.07, 6.45) is 2.34. The standard InChI is InChI=1S/C17H16N4O4/c18-10-12-9-13(21(23)24)3-5-15(12)19-17(22)16-6-4-14(25-16)11-20-7-1-2-8-20/h3-6,9H,1-2,7-8,11H2,(H,19,22). The lowest BCUT2D eigenvalue weighted by atomic mass is 10.1. The van der Waals surface area contributed by atoms with Crippen LogP contribution in [0.4, 0.5) is 11.4 Å². The monoisotopic (exact) mass is 340 g/mol. The number of amides is 1. The molecular formula is C17H16N4O4. The second-order valence-corrected chi connectivity index (χ2v) is 5.80. The van der Waals surface area contributed by atoms with Crippen LogP contribution in [0.2, 0.25) is 0 Å². The summed E-state index contributed by atoms with van der Waals surface area (Å²) in [5, 5.41) is 22.4. The Balaban J connectivity index is 1.71. The number of nitro benzene ring substituents is 1. The molecule has 2 aromatic rings. The molecule has 0 spiro atoms. The van der Waals surface area contributed by atoms with Crippen LogP contribution in [0.3, 0.4) is 0 Å². The van der Waals surface area contributed by atoms with Crippen LogP contribution in [0, 0.1) is 21.4 Å². The highest BCUT2D eigenvalue weighted by Crippen LogP contribution is 2.22. The molecule has 1 N–H and O–H groups in total. The van der Waals surface area contributed by atoms with Gasteiger partial charge in [0.2, 0.25) is 0 Å². The topological polar surface area (TPSA) is 112 Å². The average molecular weight is 340 g/mol. The zero-order valence-corrected chi connectivity index (χ0v) is 13.4. The maximum atomic E-state index is 12.3. The second-order valence-electron chi connectivity index (χ2n) is 5.80. The predicted octanol–water partition coefficient (Wildman–Crippen LogP) is 2.91. The zero-order valence-electron chi connectivity index (χ0n) is 13.4. The molecule has 0 unspecified atom stereocenters. The smallest absolute Gasteiger partial charge is 0.291 e. The van der Waals surface area contributed by atoms with E-state index in [0.717, 1.165) is 19.2 Å². The lowest BCUT2D eigenvalue weighted by Gasteiger charge is -2.11. The largest absolute Gasteiger partial charge is 0.455 e. The van der Waals surface area contributed by atoms with Crippen molar-refractivity contribution >= 4 is 17.3 Å². The molecule has 1 aromatic carbocycles. The molecule has 1 saturated heterocycles. The summed E-state index contributed by atoms with van der Waals surface area (Å²) < 4.78 is 5.57. The second kappa shape index (κ2) is 7.15. The maximum absolute atomic E-state index is 12.3. The minimum absolute atomic E-state index is 0.0198. The highest BCUT2D eigenvalue weighted by molar-refractivity contribution is 6.03. The van der Waals surface area contributed by atoms with Crippen LogP contribution in [0.25, 0.3) is 0 Å². The summed E-state index contributed by atoms with van der Waals surface area (Å²) in [5.41, 5.74) is 0.0161. The quantitative estimate of drug-likeness (QED) is 0.661. The first-order valence-corrected chi connectivity index (χ1v) is 7.88. The molecule has 128 valence electrons. The number of furan rings is 1. The van der Waals surface area contributed by atoms with Gasteiger partial charge in [-0.05, 0) is 44.1 Å². The first kappa shape index (κ1) is 16.7. The number of hydrogen-bond acceptors (Lipinski definition) is 6. The summed E-state index contributed by atoms with van der Waals surface area (Å²) in [6, 6.07) is 8.88. The number of nitrogens with zero attached hydrogens (tertiary/aromatic N) is 3. The Morgan fingerprint density at radius 2 is 2.08 bits per heavy atom. The van der Waals surface area contributed by atoms with E-state index in [0.29, 0.717) is 12.3 Å². The molecule has 0 aliphatic carbocycles. The molecule has 2 heterocycles. The van der Waals surface area contributed by atoms with Crippen molar-refractivity contribution in [3.63, 3.8) is 0 Å². The Morgan fingerprint density at radius 3 is 2.76 bits per heavy atom. The van der Waals surface area contributed by atoms with E-state index < -0.39 is 10.8 Å². The van der Waals surface area contributed by atoms with E-state index in [4.69, 9.17) is 9.68 Å². The van der Waals surface area contributed by atoms with Crippen LogP contribution in [-0.4, -0.2) is 28.8 Å². The fraction of sp³-hybridized carbons (Fsp3) is 0.294. The number of benzene rings is 1. The molecular weight excluding hydrogens is 324 g/mol. The number of nitrogens with one attached hydrogen (secondary N) is 1. The van der Waals surface area contributed by atoms with E-state index in [1.54, 1.807) is 12.1 Å². The Bertz CT molecular complexity index is 847. The lowest BCUT2D eigenvalue weighted by molar-refractivity contribution is -0.384. The normalized spacial score (nSPS) is 14.2. The fourth-order valence-corrected chi connectivity index (χ4v) is 2.78. The Labute approximate surface area is 143 Å². The number of non-ortho nitro benzene ring substituents is 1. The van der Waals surface area contributed by atoms with E-state index in [1.807, 2.05) is 6.07 Å². The number of likely N-dealkylation sites (tertiary alicyclic amines) is 1. The van der Waals surface area contributed by atoms with Crippen molar-refractivity contribution in [1.29, 1.82) is 5.26 Å². The van der Waals surface area contributed by atoms with Gasteiger partial charge in [0, 0.05) is 12.1 Å². The number of hydrogen-bond donors (Lipinski definition) is 1. The van der Waals surface area contributed by atoms with Crippen LogP contribution >= 0.6 is 0 Å². The fourth-order valence-electron chi connectivity index (χ4n) is 2.78. The summed E-state index contributed by atoms with van der Waals surface area (Å²) in [5.74, 6) is 0.339. The molecule has 1 aliphatic rings. The van der Waals surface area contributed by atoms with E-state index in [1.165, 1.54) is 25.0 Å². The van der Waals surface area contributed by atoms with Crippen molar-refractivity contribution in [2.45, 2.75) is 19.4 Å². The van der Waals surface area contributed by atoms with E-state index >= 15 is 0 Å². The minimum atomic E-state index is -0.594. The van der Waals surface area contributed by atoms with Gasteiger partial charge in [-0.2, -0.15) is 5.26 Å². The van der Waals surface area contributed by atoms with Crippen molar-refractivity contribution < 1.29 is 14.1 Å². The van der Waals surface area contributed by atoms with Crippen LogP contribution < -0.4 is 5.32 Å². The third kappa shape index (κ3) is 3.84. The van der Waals surface area contributed by atoms with Crippen molar-refractivity contribution in [2.24, 2.45) is 0 Å². The van der Waals surface area contributed by atoms with Crippen molar-refractivity contribution in [2.75, 3.05) is 18.4 Å². The summed E-state index contributed by atoms with van der Waals surface area (Å²) in [4.78, 5) is 24.7. The van der Waals surface area contributed by atoms with Crippen LogP contribution in [-0.2, 0) is 6.54 Å². The molecule has 0 radical (unpaired) electrons. The number of nitriles is 1. The lowest BCUT2D eigenvalue weighted by Crippen LogP contribution is -2.18. The SMILES string of the molecule is N#Cc1cc([N+](=O)[O-])ccc1NC(=O)c1ccc(CN2CCCC2)o1. The number of rotatable bonds is 5. The Kier molecular flexibility index (Phi) is 4.77. The highest BCUT2D eigenvalue weighted by Gasteiger charge is 2.18. The van der Waals surface area contributed by atoms with Crippen LogP contribution in [0.15, 0.2) is 34.7 Å². The molecule has 1 aliphatic heterocycles. The van der Waals surface area contributed by atoms with Gasteiger partial charge in [0.15, 0.2) is 5.76 Å². The third-order valence-corrected chi connectivity index (χ3v) is 4.05. The summed E-state index contributed by atoms with van der Waals surface area (Å²) >= 11 is 0. The van der Waals surface area contributed by atoms with Gasteiger partial charge in [-0.1, -0.05) is 0 Å². The molecule has 0 bridgehead atoms. The molecule has 1 fully saturated rings. The molecule has 0 atom stereocenters. The molecule has 8 nitrogen and oxygen atoms in total. The number of anilines is 1. The summed E-state index contributed by atoms with van der Waals surface area (Å²) in [7, 11) is 0. The van der Waals surface area contributed by atoms with Gasteiger partial charge in [0.25, 0.3) is 11.6 Å². The molecule has 1 aromatic heterocycles. The van der Waals surface area contributed by atoms with Gasteiger partial charge in [-0.25, -0.2) is 0 Å². The number of carbonyl (C=O) groups excluding carboxylic acids is 1. The van der Waals surface area contributed by atoms with Gasteiger partial charge in [0.1, 0.15) is 11.8 Å². The van der Waals surface area contributed by atoms with Crippen molar-refractivity contribution in [1.82, 2.24) is 4.90 Å². The van der Waals surface area contributed by atoms with Gasteiger partial charge in [-0.15, -0.1) is 0 Å². The molecule has 25 heavy (non-hydrogen) atoms. The number of carbonyl (C=O) groups is 1. The Hall–Kier alpha value is -3.18. The van der Waals surface area contributed by atoms with Crippen LogP contribution in [0.5, 0.6) is 0 Å². The molecule has 8 heteroatoms. The van der Waals surface area contributed by atoms with E-state index in [-0.39, 0.29) is 22.7 Å². The first-order chi connectivity index (χ1) is 12.1. The Morgan fingerprint density at radius 1 is 1.32 bits per heavy atom. The van der Waals surface area contributed by atoms with Crippen molar-refractivity contribution in [3.05, 3.63) is 57.5 Å². The van der Waals surface area contributed by atoms with E-state index in [9.17, 15) is 14.9 Å². The van der Waals surface area contributed by atoms with Gasteiger partial charge >= 0.3 is 0 Å². The average Bonchev–Trinajstić information content (AvgIpc) is 3.27. The van der Waals surface area contributed by atoms with Crippen LogP contribution in [0.1, 0.15) is 34.7 Å². The maximum Gasteiger partial charge on any atom is 0.291 e. The van der Waals surface area contributed by atoms with E-state index in [2.05, 4.69) is 10.2 Å². The minimum Gasteiger partial charge on any atom is -0.455 e. The zero-order chi connectivity index (χ0) is 17.8. The first-order valence-electron chi connectivity index (χ1n) is 7.88. The van der Waals surface area contributed by atoms with Crippen molar-refractivity contribution in [3.8, 4) is 6.07 Å². The molecule has 1 amide bonds. The van der Waals surface area contributed by atoms with Gasteiger partial charge in [-0.3, -0.25) is 19.8 Å². The van der Waals surface area contributed by atoms with Gasteiger partial charge in [0.05, 0.1) is 22.7 Å². The summed E-state index contributed by atoms with van der Waals surface area (Å²) in [6.45, 7) is 2.71.